The van der Waals surface area contributed by atoms with Crippen molar-refractivity contribution in [3.63, 3.8) is 0 Å². The number of aliphatic carboxylic acids is 1. The molecule has 1 heterocycles. The van der Waals surface area contributed by atoms with Crippen molar-refractivity contribution in [1.82, 2.24) is 9.78 Å². The van der Waals surface area contributed by atoms with Crippen LogP contribution in [0, 0.1) is 6.92 Å². The second-order valence-corrected chi connectivity index (χ2v) is 5.78. The molecule has 0 radical (unpaired) electrons. The Morgan fingerprint density at radius 2 is 1.74 bits per heavy atom. The van der Waals surface area contributed by atoms with Gasteiger partial charge in [0, 0.05) is 11.2 Å². The molecule has 116 valence electrons. The van der Waals surface area contributed by atoms with Crippen LogP contribution in [0.1, 0.15) is 22.7 Å². The normalized spacial score (nSPS) is 12.1. The number of halogens is 1. The van der Waals surface area contributed by atoms with Gasteiger partial charge < -0.3 is 5.11 Å². The molecule has 23 heavy (non-hydrogen) atoms. The molecule has 5 heteroatoms. The maximum Gasteiger partial charge on any atom is 0.317 e. The van der Waals surface area contributed by atoms with E-state index in [0.29, 0.717) is 16.3 Å². The summed E-state index contributed by atoms with van der Waals surface area (Å²) in [5.41, 5.74) is 3.12. The average Bonchev–Trinajstić information content (AvgIpc) is 2.99. The smallest absolute Gasteiger partial charge is 0.317 e. The second-order valence-electron chi connectivity index (χ2n) is 5.34. The molecule has 1 atom stereocenters. The Morgan fingerprint density at radius 3 is 2.35 bits per heavy atom. The van der Waals surface area contributed by atoms with E-state index in [2.05, 4.69) is 5.10 Å². The number of carboxylic acids is 1. The van der Waals surface area contributed by atoms with Gasteiger partial charge in [-0.15, -0.1) is 0 Å². The summed E-state index contributed by atoms with van der Waals surface area (Å²) in [7, 11) is 0. The van der Waals surface area contributed by atoms with Gasteiger partial charge in [0.05, 0.1) is 11.4 Å². The highest BCUT2D eigenvalue weighted by Gasteiger charge is 2.24. The lowest BCUT2D eigenvalue weighted by molar-refractivity contribution is -0.137. The Bertz CT molecular complexity index is 823. The first-order valence-electron chi connectivity index (χ1n) is 7.15. The van der Waals surface area contributed by atoms with Gasteiger partial charge in [-0.3, -0.25) is 4.79 Å². The molecule has 0 saturated carbocycles. The van der Waals surface area contributed by atoms with Crippen LogP contribution in [0.25, 0.3) is 5.69 Å². The number of nitrogens with zero attached hydrogens (tertiary/aromatic N) is 2. The summed E-state index contributed by atoms with van der Waals surface area (Å²) in [4.78, 5) is 11.7. The van der Waals surface area contributed by atoms with Gasteiger partial charge in [-0.1, -0.05) is 41.4 Å². The topological polar surface area (TPSA) is 55.1 Å². The van der Waals surface area contributed by atoms with Gasteiger partial charge in [0.2, 0.25) is 0 Å². The molecule has 0 aliphatic rings. The SMILES string of the molecule is Cc1ccc(C(C(=O)O)c2ccn(-c3ccc(Cl)cc3)n2)cc1. The Morgan fingerprint density at radius 1 is 1.09 bits per heavy atom. The molecular weight excluding hydrogens is 312 g/mol. The van der Waals surface area contributed by atoms with Gasteiger partial charge in [-0.05, 0) is 42.8 Å². The van der Waals surface area contributed by atoms with Crippen molar-refractivity contribution in [2.45, 2.75) is 12.8 Å². The average molecular weight is 327 g/mol. The fraction of sp³-hybridized carbons (Fsp3) is 0.111. The number of rotatable bonds is 4. The van der Waals surface area contributed by atoms with Gasteiger partial charge >= 0.3 is 5.97 Å². The molecule has 0 saturated heterocycles. The summed E-state index contributed by atoms with van der Waals surface area (Å²) >= 11 is 5.88. The molecule has 0 aliphatic carbocycles. The molecule has 0 fully saturated rings. The van der Waals surface area contributed by atoms with Crippen molar-refractivity contribution in [2.24, 2.45) is 0 Å². The zero-order valence-corrected chi connectivity index (χ0v) is 13.2. The van der Waals surface area contributed by atoms with Crippen molar-refractivity contribution >= 4 is 17.6 Å². The number of aromatic nitrogens is 2. The molecule has 0 spiro atoms. The predicted molar refractivity (Wildman–Crippen MR) is 89.2 cm³/mol. The van der Waals surface area contributed by atoms with E-state index in [1.807, 2.05) is 43.3 Å². The molecule has 0 aliphatic heterocycles. The fourth-order valence-electron chi connectivity index (χ4n) is 2.43. The highest BCUT2D eigenvalue weighted by atomic mass is 35.5. The standard InChI is InChI=1S/C18H15ClN2O2/c1-12-2-4-13(5-3-12)17(18(22)23)16-10-11-21(20-16)15-8-6-14(19)7-9-15/h2-11,17H,1H3,(H,22,23). The maximum absolute atomic E-state index is 11.7. The van der Waals surface area contributed by atoms with E-state index in [0.717, 1.165) is 11.3 Å². The highest BCUT2D eigenvalue weighted by molar-refractivity contribution is 6.30. The van der Waals surface area contributed by atoms with Crippen LogP contribution in [0.2, 0.25) is 5.02 Å². The molecule has 4 nitrogen and oxygen atoms in total. The van der Waals surface area contributed by atoms with E-state index in [9.17, 15) is 9.90 Å². The monoisotopic (exact) mass is 326 g/mol. The first kappa shape index (κ1) is 15.3. The summed E-state index contributed by atoms with van der Waals surface area (Å²) in [5, 5.41) is 14.7. The Labute approximate surface area is 139 Å². The van der Waals surface area contributed by atoms with E-state index in [-0.39, 0.29) is 0 Å². The van der Waals surface area contributed by atoms with Crippen molar-refractivity contribution in [1.29, 1.82) is 0 Å². The number of aryl methyl sites for hydroxylation is 1. The molecular formula is C18H15ClN2O2. The van der Waals surface area contributed by atoms with Crippen LogP contribution in [-0.4, -0.2) is 20.9 Å². The van der Waals surface area contributed by atoms with E-state index in [1.165, 1.54) is 0 Å². The minimum absolute atomic E-state index is 0.497. The van der Waals surface area contributed by atoms with Crippen LogP contribution >= 0.6 is 11.6 Å². The van der Waals surface area contributed by atoms with Crippen LogP contribution in [0.3, 0.4) is 0 Å². The molecule has 3 aromatic rings. The van der Waals surface area contributed by atoms with Gasteiger partial charge in [0.1, 0.15) is 5.92 Å². The van der Waals surface area contributed by atoms with Gasteiger partial charge in [-0.2, -0.15) is 5.10 Å². The third-order valence-electron chi connectivity index (χ3n) is 3.65. The van der Waals surface area contributed by atoms with E-state index >= 15 is 0 Å². The fourth-order valence-corrected chi connectivity index (χ4v) is 2.55. The van der Waals surface area contributed by atoms with Gasteiger partial charge in [-0.25, -0.2) is 4.68 Å². The molecule has 1 N–H and O–H groups in total. The van der Waals surface area contributed by atoms with Gasteiger partial charge in [0.15, 0.2) is 0 Å². The Balaban J connectivity index is 1.97. The maximum atomic E-state index is 11.7. The summed E-state index contributed by atoms with van der Waals surface area (Å²) in [6.07, 6.45) is 1.75. The zero-order valence-electron chi connectivity index (χ0n) is 12.5. The van der Waals surface area contributed by atoms with E-state index < -0.39 is 11.9 Å². The van der Waals surface area contributed by atoms with E-state index in [4.69, 9.17) is 11.6 Å². The number of benzene rings is 2. The van der Waals surface area contributed by atoms with Crippen molar-refractivity contribution in [3.8, 4) is 5.69 Å². The lowest BCUT2D eigenvalue weighted by Gasteiger charge is -2.10. The second kappa shape index (κ2) is 6.26. The zero-order chi connectivity index (χ0) is 16.4. The molecule has 2 aromatic carbocycles. The lowest BCUT2D eigenvalue weighted by Crippen LogP contribution is -2.14. The first-order chi connectivity index (χ1) is 11.0. The van der Waals surface area contributed by atoms with E-state index in [1.54, 1.807) is 29.1 Å². The van der Waals surface area contributed by atoms with Crippen molar-refractivity contribution in [3.05, 3.63) is 82.6 Å². The number of hydrogen-bond donors (Lipinski definition) is 1. The molecule has 1 unspecified atom stereocenters. The summed E-state index contributed by atoms with van der Waals surface area (Å²) < 4.78 is 1.65. The summed E-state index contributed by atoms with van der Waals surface area (Å²) in [6, 6.07) is 16.4. The van der Waals surface area contributed by atoms with Crippen LogP contribution in [-0.2, 0) is 4.79 Å². The number of carbonyl (C=O) groups is 1. The Kier molecular flexibility index (Phi) is 4.17. The van der Waals surface area contributed by atoms with Crippen molar-refractivity contribution < 1.29 is 9.90 Å². The summed E-state index contributed by atoms with van der Waals surface area (Å²) in [5.74, 6) is -1.71. The third kappa shape index (κ3) is 3.27. The molecule has 1 aromatic heterocycles. The first-order valence-corrected chi connectivity index (χ1v) is 7.53. The van der Waals surface area contributed by atoms with Crippen LogP contribution < -0.4 is 0 Å². The van der Waals surface area contributed by atoms with Crippen molar-refractivity contribution in [2.75, 3.05) is 0 Å². The summed E-state index contributed by atoms with van der Waals surface area (Å²) in [6.45, 7) is 1.97. The largest absolute Gasteiger partial charge is 0.480 e. The quantitative estimate of drug-likeness (QED) is 0.787. The van der Waals surface area contributed by atoms with Gasteiger partial charge in [0.25, 0.3) is 0 Å². The number of carboxylic acid groups (broad SMARTS) is 1. The molecule has 3 rings (SSSR count). The Hall–Kier alpha value is -2.59. The van der Waals surface area contributed by atoms with Crippen LogP contribution in [0.4, 0.5) is 0 Å². The highest BCUT2D eigenvalue weighted by Crippen LogP contribution is 2.25. The third-order valence-corrected chi connectivity index (χ3v) is 3.91. The molecule has 0 amide bonds. The minimum Gasteiger partial charge on any atom is -0.480 e. The molecule has 0 bridgehead atoms. The lowest BCUT2D eigenvalue weighted by atomic mass is 9.95. The number of hydrogen-bond acceptors (Lipinski definition) is 2. The van der Waals surface area contributed by atoms with Crippen LogP contribution in [0.15, 0.2) is 60.8 Å². The minimum atomic E-state index is -0.921. The predicted octanol–water partition coefficient (Wildman–Crippen LogP) is 4.05. The van der Waals surface area contributed by atoms with Crippen LogP contribution in [0.5, 0.6) is 0 Å².